The van der Waals surface area contributed by atoms with Gasteiger partial charge >= 0.3 is 0 Å². The maximum atomic E-state index is 12.3. The highest BCUT2D eigenvalue weighted by atomic mass is 16.5. The van der Waals surface area contributed by atoms with Crippen LogP contribution in [0.15, 0.2) is 48.5 Å². The minimum atomic E-state index is -0.0895. The zero-order valence-corrected chi connectivity index (χ0v) is 19.2. The van der Waals surface area contributed by atoms with E-state index in [1.807, 2.05) is 45.0 Å². The highest BCUT2D eigenvalue weighted by Gasteiger charge is 2.18. The number of methoxy groups -OCH3 is 1. The van der Waals surface area contributed by atoms with Crippen LogP contribution >= 0.6 is 0 Å². The zero-order chi connectivity index (χ0) is 22.6. The average molecular weight is 413 g/mol. The standard InChI is InChI=1S/C23H30N2O3.C2H6/c1-17-5-7-18(8-6-17)21(26)13-24-15-23(2,3)16-25-14-22(27)19-9-11-20(28-4)12-10-19;1-2/h5-12,24-25H,13-16H2,1-4H3;1-2H3. The van der Waals surface area contributed by atoms with Gasteiger partial charge in [-0.1, -0.05) is 57.5 Å². The van der Waals surface area contributed by atoms with E-state index < -0.39 is 0 Å². The number of carbonyl (C=O) groups excluding carboxylic acids is 2. The van der Waals surface area contributed by atoms with Gasteiger partial charge in [0.05, 0.1) is 20.2 Å². The molecule has 0 aromatic heterocycles. The fraction of sp³-hybridized carbons (Fsp3) is 0.440. The Kier molecular flexibility index (Phi) is 11.0. The zero-order valence-electron chi connectivity index (χ0n) is 19.2. The van der Waals surface area contributed by atoms with E-state index in [0.717, 1.165) is 16.9 Å². The van der Waals surface area contributed by atoms with Crippen molar-refractivity contribution in [2.75, 3.05) is 33.3 Å². The average Bonchev–Trinajstić information content (AvgIpc) is 2.75. The van der Waals surface area contributed by atoms with Crippen molar-refractivity contribution in [3.8, 4) is 5.75 Å². The molecule has 2 aromatic rings. The molecule has 0 unspecified atom stereocenters. The molecular formula is C25H36N2O3. The Morgan fingerprint density at radius 2 is 1.20 bits per heavy atom. The van der Waals surface area contributed by atoms with Gasteiger partial charge in [-0.3, -0.25) is 9.59 Å². The molecule has 0 aliphatic rings. The Balaban J connectivity index is 0.00000218. The number of hydrogen-bond acceptors (Lipinski definition) is 5. The number of Topliss-reactive ketones (excluding diaryl/α,β-unsaturated/α-hetero) is 2. The topological polar surface area (TPSA) is 67.4 Å². The number of aryl methyl sites for hydroxylation is 1. The molecule has 0 radical (unpaired) electrons. The van der Waals surface area contributed by atoms with Crippen LogP contribution in [0.2, 0.25) is 0 Å². The first-order chi connectivity index (χ1) is 14.3. The smallest absolute Gasteiger partial charge is 0.176 e. The summed E-state index contributed by atoms with van der Waals surface area (Å²) in [5.41, 5.74) is 2.43. The number of ether oxygens (including phenoxy) is 1. The maximum absolute atomic E-state index is 12.3. The van der Waals surface area contributed by atoms with Crippen LogP contribution in [0, 0.1) is 12.3 Å². The molecule has 2 N–H and O–H groups in total. The van der Waals surface area contributed by atoms with Crippen LogP contribution in [0.4, 0.5) is 0 Å². The van der Waals surface area contributed by atoms with Gasteiger partial charge in [-0.15, -0.1) is 0 Å². The van der Waals surface area contributed by atoms with Gasteiger partial charge in [0.25, 0.3) is 0 Å². The molecular weight excluding hydrogens is 376 g/mol. The molecule has 164 valence electrons. The molecule has 2 aromatic carbocycles. The van der Waals surface area contributed by atoms with Gasteiger partial charge in [0.2, 0.25) is 0 Å². The molecule has 0 bridgehead atoms. The number of ketones is 2. The Morgan fingerprint density at radius 3 is 1.60 bits per heavy atom. The first kappa shape index (κ1) is 25.5. The van der Waals surface area contributed by atoms with Crippen molar-refractivity contribution in [1.82, 2.24) is 10.6 Å². The molecule has 30 heavy (non-hydrogen) atoms. The lowest BCUT2D eigenvalue weighted by Gasteiger charge is -2.25. The number of rotatable bonds is 11. The SMILES string of the molecule is CC.COc1ccc(C(=O)CNCC(C)(C)CNCC(=O)c2ccc(C)cc2)cc1. The first-order valence-electron chi connectivity index (χ1n) is 10.5. The lowest BCUT2D eigenvalue weighted by atomic mass is 9.93. The second kappa shape index (κ2) is 12.9. The monoisotopic (exact) mass is 412 g/mol. The van der Waals surface area contributed by atoms with Gasteiger partial charge in [0.15, 0.2) is 11.6 Å². The van der Waals surface area contributed by atoms with Gasteiger partial charge in [0, 0.05) is 24.2 Å². The number of nitrogens with one attached hydrogen (secondary N) is 2. The molecule has 0 amide bonds. The number of hydrogen-bond donors (Lipinski definition) is 2. The summed E-state index contributed by atoms with van der Waals surface area (Å²) in [4.78, 5) is 24.5. The van der Waals surface area contributed by atoms with Crippen LogP contribution in [-0.2, 0) is 0 Å². The Labute approximate surface area is 181 Å². The summed E-state index contributed by atoms with van der Waals surface area (Å²) in [5, 5.41) is 6.46. The minimum Gasteiger partial charge on any atom is -0.497 e. The summed E-state index contributed by atoms with van der Waals surface area (Å²) in [5.74, 6) is 0.858. The molecule has 0 saturated carbocycles. The van der Waals surface area contributed by atoms with Gasteiger partial charge < -0.3 is 15.4 Å². The minimum absolute atomic E-state index is 0.0426. The molecule has 0 saturated heterocycles. The lowest BCUT2D eigenvalue weighted by Crippen LogP contribution is -2.41. The van der Waals surface area contributed by atoms with E-state index in [-0.39, 0.29) is 23.5 Å². The summed E-state index contributed by atoms with van der Waals surface area (Å²) in [6.45, 7) is 12.1. The van der Waals surface area contributed by atoms with Crippen molar-refractivity contribution in [3.05, 3.63) is 65.2 Å². The summed E-state index contributed by atoms with van der Waals surface area (Å²) in [6, 6.07) is 14.7. The second-order valence-electron chi connectivity index (χ2n) is 7.81. The second-order valence-corrected chi connectivity index (χ2v) is 7.81. The van der Waals surface area contributed by atoms with E-state index in [4.69, 9.17) is 4.74 Å². The molecule has 0 aliphatic carbocycles. The predicted octanol–water partition coefficient (Wildman–Crippen LogP) is 4.30. The van der Waals surface area contributed by atoms with Crippen LogP contribution in [0.1, 0.15) is 54.0 Å². The molecule has 0 heterocycles. The number of carbonyl (C=O) groups is 2. The van der Waals surface area contributed by atoms with Crippen molar-refractivity contribution < 1.29 is 14.3 Å². The van der Waals surface area contributed by atoms with E-state index in [1.165, 1.54) is 0 Å². The highest BCUT2D eigenvalue weighted by molar-refractivity contribution is 5.98. The van der Waals surface area contributed by atoms with E-state index in [0.29, 0.717) is 25.2 Å². The van der Waals surface area contributed by atoms with Crippen molar-refractivity contribution in [2.24, 2.45) is 5.41 Å². The predicted molar refractivity (Wildman–Crippen MR) is 124 cm³/mol. The van der Waals surface area contributed by atoms with E-state index in [1.54, 1.807) is 31.4 Å². The van der Waals surface area contributed by atoms with Crippen LogP contribution in [0.5, 0.6) is 5.75 Å². The van der Waals surface area contributed by atoms with Crippen LogP contribution in [0.3, 0.4) is 0 Å². The van der Waals surface area contributed by atoms with Crippen molar-refractivity contribution >= 4 is 11.6 Å². The molecule has 0 fully saturated rings. The molecule has 0 atom stereocenters. The molecule has 0 aliphatic heterocycles. The van der Waals surface area contributed by atoms with E-state index >= 15 is 0 Å². The Bertz CT molecular complexity index is 781. The fourth-order valence-electron chi connectivity index (χ4n) is 2.81. The quantitative estimate of drug-likeness (QED) is 0.539. The first-order valence-corrected chi connectivity index (χ1v) is 10.5. The summed E-state index contributed by atoms with van der Waals surface area (Å²) < 4.78 is 5.10. The lowest BCUT2D eigenvalue weighted by molar-refractivity contribution is 0.0985. The Hall–Kier alpha value is -2.50. The van der Waals surface area contributed by atoms with Crippen molar-refractivity contribution in [3.63, 3.8) is 0 Å². The molecule has 5 nitrogen and oxygen atoms in total. The molecule has 2 rings (SSSR count). The fourth-order valence-corrected chi connectivity index (χ4v) is 2.81. The molecule has 5 heteroatoms. The third kappa shape index (κ3) is 8.89. The van der Waals surface area contributed by atoms with Gasteiger partial charge in [-0.05, 0) is 36.6 Å². The van der Waals surface area contributed by atoms with E-state index in [2.05, 4.69) is 24.5 Å². The highest BCUT2D eigenvalue weighted by Crippen LogP contribution is 2.13. The van der Waals surface area contributed by atoms with Crippen LogP contribution in [-0.4, -0.2) is 44.9 Å². The van der Waals surface area contributed by atoms with Crippen molar-refractivity contribution in [2.45, 2.75) is 34.6 Å². The van der Waals surface area contributed by atoms with Gasteiger partial charge in [0.1, 0.15) is 5.75 Å². The largest absolute Gasteiger partial charge is 0.497 e. The normalized spacial score (nSPS) is 10.7. The van der Waals surface area contributed by atoms with Crippen LogP contribution in [0.25, 0.3) is 0 Å². The third-order valence-electron chi connectivity index (χ3n) is 4.56. The summed E-state index contributed by atoms with van der Waals surface area (Å²) >= 11 is 0. The van der Waals surface area contributed by atoms with Gasteiger partial charge in [-0.25, -0.2) is 0 Å². The van der Waals surface area contributed by atoms with Gasteiger partial charge in [-0.2, -0.15) is 0 Å². The number of benzene rings is 2. The maximum Gasteiger partial charge on any atom is 0.176 e. The third-order valence-corrected chi connectivity index (χ3v) is 4.56. The summed E-state index contributed by atoms with van der Waals surface area (Å²) in [7, 11) is 1.60. The van der Waals surface area contributed by atoms with E-state index in [9.17, 15) is 9.59 Å². The van der Waals surface area contributed by atoms with Crippen molar-refractivity contribution in [1.29, 1.82) is 0 Å². The Morgan fingerprint density at radius 1 is 0.800 bits per heavy atom. The molecule has 0 spiro atoms. The summed E-state index contributed by atoms with van der Waals surface area (Å²) in [6.07, 6.45) is 0. The van der Waals surface area contributed by atoms with Crippen LogP contribution < -0.4 is 15.4 Å².